The summed E-state index contributed by atoms with van der Waals surface area (Å²) in [6.45, 7) is 2.97. The molecule has 0 saturated carbocycles. The van der Waals surface area contributed by atoms with Gasteiger partial charge in [-0.2, -0.15) is 0 Å². The Labute approximate surface area is 94.3 Å². The number of fused-ring (bicyclic) bond motifs is 1. The largest absolute Gasteiger partial charge is 0.550 e. The van der Waals surface area contributed by atoms with Gasteiger partial charge >= 0.3 is 0 Å². The van der Waals surface area contributed by atoms with Gasteiger partial charge in [-0.25, -0.2) is 0 Å². The topological polar surface area (TPSA) is 45.1 Å². The lowest BCUT2D eigenvalue weighted by Crippen LogP contribution is -2.22. The van der Waals surface area contributed by atoms with E-state index in [-0.39, 0.29) is 6.42 Å². The molecule has 0 spiro atoms. The van der Waals surface area contributed by atoms with Gasteiger partial charge < -0.3 is 14.5 Å². The van der Waals surface area contributed by atoms with Gasteiger partial charge in [-0.05, 0) is 31.4 Å². The number of aryl methyl sites for hydroxylation is 2. The van der Waals surface area contributed by atoms with Crippen LogP contribution in [0.3, 0.4) is 0 Å². The van der Waals surface area contributed by atoms with Crippen LogP contribution in [-0.4, -0.2) is 10.5 Å². The number of carboxylic acids is 1. The third-order valence-electron chi connectivity index (χ3n) is 2.81. The van der Waals surface area contributed by atoms with Crippen molar-refractivity contribution in [3.63, 3.8) is 0 Å². The van der Waals surface area contributed by atoms with Gasteiger partial charge in [0.25, 0.3) is 0 Å². The summed E-state index contributed by atoms with van der Waals surface area (Å²) in [5.41, 5.74) is 2.25. The number of rotatable bonds is 4. The fourth-order valence-corrected chi connectivity index (χ4v) is 2.02. The third-order valence-corrected chi connectivity index (χ3v) is 2.81. The molecule has 0 unspecified atom stereocenters. The number of carbonyl (C=O) groups is 1. The first-order valence-corrected chi connectivity index (χ1v) is 5.49. The van der Waals surface area contributed by atoms with Crippen molar-refractivity contribution in [2.45, 2.75) is 26.3 Å². The van der Waals surface area contributed by atoms with Crippen molar-refractivity contribution in [1.82, 2.24) is 4.57 Å². The number of hydrogen-bond acceptors (Lipinski definition) is 2. The number of hydrogen-bond donors (Lipinski definition) is 0. The van der Waals surface area contributed by atoms with E-state index in [0.717, 1.165) is 17.5 Å². The Hall–Kier alpha value is -1.77. The van der Waals surface area contributed by atoms with Crippen molar-refractivity contribution in [1.29, 1.82) is 0 Å². The summed E-state index contributed by atoms with van der Waals surface area (Å²) in [4.78, 5) is 10.5. The smallest absolute Gasteiger partial charge is 0.0483 e. The second-order valence-corrected chi connectivity index (χ2v) is 3.83. The molecule has 3 heteroatoms. The van der Waals surface area contributed by atoms with Gasteiger partial charge in [0, 0.05) is 29.6 Å². The van der Waals surface area contributed by atoms with Crippen molar-refractivity contribution in [3.05, 3.63) is 36.0 Å². The molecule has 2 aromatic rings. The van der Waals surface area contributed by atoms with Crippen LogP contribution in [0.4, 0.5) is 0 Å². The van der Waals surface area contributed by atoms with E-state index in [0.29, 0.717) is 6.42 Å². The van der Waals surface area contributed by atoms with Crippen LogP contribution in [0.5, 0.6) is 0 Å². The van der Waals surface area contributed by atoms with E-state index < -0.39 is 5.97 Å². The Morgan fingerprint density at radius 1 is 1.38 bits per heavy atom. The Morgan fingerprint density at radius 2 is 2.12 bits per heavy atom. The zero-order valence-electron chi connectivity index (χ0n) is 9.27. The molecule has 2 rings (SSSR count). The molecular formula is C13H14NO2-. The van der Waals surface area contributed by atoms with Crippen LogP contribution in [0.2, 0.25) is 0 Å². The van der Waals surface area contributed by atoms with Gasteiger partial charge in [-0.1, -0.05) is 18.2 Å². The Bertz CT molecular complexity index is 514. The highest BCUT2D eigenvalue weighted by Crippen LogP contribution is 2.22. The number of aliphatic carboxylic acids is 1. The number of benzene rings is 1. The fourth-order valence-electron chi connectivity index (χ4n) is 2.02. The first kappa shape index (κ1) is 10.7. The highest BCUT2D eigenvalue weighted by molar-refractivity contribution is 5.84. The molecule has 0 fully saturated rings. The summed E-state index contributed by atoms with van der Waals surface area (Å²) in [5, 5.41) is 11.6. The Morgan fingerprint density at radius 3 is 2.81 bits per heavy atom. The van der Waals surface area contributed by atoms with Gasteiger partial charge in [0.15, 0.2) is 0 Å². The number of carboxylic acid groups (broad SMARTS) is 1. The zero-order chi connectivity index (χ0) is 11.5. The van der Waals surface area contributed by atoms with Gasteiger partial charge in [0.2, 0.25) is 0 Å². The highest BCUT2D eigenvalue weighted by atomic mass is 16.4. The maximum Gasteiger partial charge on any atom is 0.0483 e. The van der Waals surface area contributed by atoms with Gasteiger partial charge in [0.05, 0.1) is 0 Å². The normalized spacial score (nSPS) is 10.8. The second-order valence-electron chi connectivity index (χ2n) is 3.83. The molecular weight excluding hydrogens is 202 g/mol. The first-order valence-electron chi connectivity index (χ1n) is 5.49. The number of aromatic nitrogens is 1. The lowest BCUT2D eigenvalue weighted by molar-refractivity contribution is -0.305. The minimum Gasteiger partial charge on any atom is -0.550 e. The van der Waals surface area contributed by atoms with E-state index in [9.17, 15) is 9.90 Å². The maximum atomic E-state index is 10.5. The molecule has 1 aromatic heterocycles. The van der Waals surface area contributed by atoms with Crippen LogP contribution in [0.1, 0.15) is 18.9 Å². The van der Waals surface area contributed by atoms with E-state index >= 15 is 0 Å². The van der Waals surface area contributed by atoms with Gasteiger partial charge in [-0.3, -0.25) is 0 Å². The van der Waals surface area contributed by atoms with Crippen molar-refractivity contribution in [2.24, 2.45) is 0 Å². The summed E-state index contributed by atoms with van der Waals surface area (Å²) >= 11 is 0. The van der Waals surface area contributed by atoms with E-state index in [1.54, 1.807) is 0 Å². The maximum absolute atomic E-state index is 10.5. The lowest BCUT2D eigenvalue weighted by atomic mass is 10.1. The zero-order valence-corrected chi connectivity index (χ0v) is 9.27. The van der Waals surface area contributed by atoms with Crippen molar-refractivity contribution in [3.8, 4) is 0 Å². The van der Waals surface area contributed by atoms with Gasteiger partial charge in [0.1, 0.15) is 0 Å². The second kappa shape index (κ2) is 4.39. The van der Waals surface area contributed by atoms with Crippen LogP contribution in [0.15, 0.2) is 30.5 Å². The molecule has 0 atom stereocenters. The number of carbonyl (C=O) groups excluding carboxylic acids is 1. The molecule has 16 heavy (non-hydrogen) atoms. The molecule has 0 radical (unpaired) electrons. The molecule has 84 valence electrons. The monoisotopic (exact) mass is 216 g/mol. The molecule has 0 aliphatic carbocycles. The lowest BCUT2D eigenvalue weighted by Gasteiger charge is -2.00. The van der Waals surface area contributed by atoms with Crippen LogP contribution >= 0.6 is 0 Å². The van der Waals surface area contributed by atoms with Crippen LogP contribution in [0.25, 0.3) is 10.9 Å². The molecule has 1 aromatic carbocycles. The summed E-state index contributed by atoms with van der Waals surface area (Å²) in [5.74, 6) is -0.992. The molecule has 1 heterocycles. The quantitative estimate of drug-likeness (QED) is 0.774. The first-order chi connectivity index (χ1) is 7.72. The van der Waals surface area contributed by atoms with E-state index in [1.807, 2.05) is 24.4 Å². The summed E-state index contributed by atoms with van der Waals surface area (Å²) in [6.07, 6.45) is 2.65. The Balaban J connectivity index is 2.41. The van der Waals surface area contributed by atoms with Crippen molar-refractivity contribution < 1.29 is 9.90 Å². The molecule has 0 aliphatic heterocycles. The van der Waals surface area contributed by atoms with Crippen LogP contribution < -0.4 is 5.11 Å². The highest BCUT2D eigenvalue weighted by Gasteiger charge is 2.06. The molecule has 0 bridgehead atoms. The van der Waals surface area contributed by atoms with E-state index in [4.69, 9.17) is 0 Å². The molecule has 0 aliphatic rings. The summed E-state index contributed by atoms with van der Waals surface area (Å²) < 4.78 is 2.14. The van der Waals surface area contributed by atoms with Gasteiger partial charge in [-0.15, -0.1) is 0 Å². The standard InChI is InChI=1S/C13H15NO2/c1-2-14-9-10(7-8-13(15)16)11-5-3-4-6-12(11)14/h3-6,9H,2,7-8H2,1H3,(H,15,16)/p-1. The molecule has 0 N–H and O–H groups in total. The fraction of sp³-hybridized carbons (Fsp3) is 0.308. The predicted octanol–water partition coefficient (Wildman–Crippen LogP) is 1.34. The molecule has 0 saturated heterocycles. The van der Waals surface area contributed by atoms with Crippen LogP contribution in [-0.2, 0) is 17.8 Å². The SMILES string of the molecule is CCn1cc(CCC(=O)[O-])c2ccccc21. The van der Waals surface area contributed by atoms with Crippen molar-refractivity contribution >= 4 is 16.9 Å². The average Bonchev–Trinajstić information content (AvgIpc) is 2.65. The summed E-state index contributed by atoms with van der Waals surface area (Å²) in [6, 6.07) is 8.06. The third kappa shape index (κ3) is 1.94. The minimum atomic E-state index is -0.992. The molecule has 3 nitrogen and oxygen atoms in total. The molecule has 0 amide bonds. The number of nitrogens with zero attached hydrogens (tertiary/aromatic N) is 1. The number of para-hydroxylation sites is 1. The Kier molecular flexibility index (Phi) is 2.95. The van der Waals surface area contributed by atoms with Crippen LogP contribution in [0, 0.1) is 0 Å². The average molecular weight is 216 g/mol. The minimum absolute atomic E-state index is 0.0811. The van der Waals surface area contributed by atoms with E-state index in [2.05, 4.69) is 17.6 Å². The van der Waals surface area contributed by atoms with Crippen molar-refractivity contribution in [2.75, 3.05) is 0 Å². The predicted molar refractivity (Wildman–Crippen MR) is 60.9 cm³/mol. The van der Waals surface area contributed by atoms with E-state index in [1.165, 1.54) is 5.52 Å². The summed E-state index contributed by atoms with van der Waals surface area (Å²) in [7, 11) is 0.